The van der Waals surface area contributed by atoms with E-state index >= 15 is 0 Å². The first-order valence-electron chi connectivity index (χ1n) is 8.64. The van der Waals surface area contributed by atoms with Gasteiger partial charge in [-0.2, -0.15) is 8.78 Å². The number of carbonyl (C=O) groups is 1. The number of ether oxygens (including phenoxy) is 1. The largest absolute Gasteiger partial charge is 0.435 e. The molecule has 3 fully saturated rings. The fourth-order valence-electron chi connectivity index (χ4n) is 4.20. The molecule has 3 saturated heterocycles. The number of likely N-dealkylation sites (tertiary alicyclic amines) is 1. The number of benzene rings is 1. The molecule has 0 aromatic heterocycles. The van der Waals surface area contributed by atoms with Crippen LogP contribution in [-0.4, -0.2) is 50.1 Å². The molecule has 25 heavy (non-hydrogen) atoms. The second-order valence-electron chi connectivity index (χ2n) is 6.98. The molecule has 8 heteroatoms. The van der Waals surface area contributed by atoms with Crippen LogP contribution in [0, 0.1) is 17.8 Å². The third-order valence-electron chi connectivity index (χ3n) is 5.44. The van der Waals surface area contributed by atoms with Gasteiger partial charge in [-0.25, -0.2) is 5.43 Å². The molecule has 1 aromatic carbocycles. The lowest BCUT2D eigenvalue weighted by Crippen LogP contribution is -2.39. The average Bonchev–Trinajstić information content (AvgIpc) is 3.29. The highest BCUT2D eigenvalue weighted by Gasteiger charge is 2.43. The van der Waals surface area contributed by atoms with Crippen molar-refractivity contribution in [3.63, 3.8) is 0 Å². The molecule has 3 heterocycles. The van der Waals surface area contributed by atoms with Crippen LogP contribution in [0.15, 0.2) is 24.3 Å². The molecule has 0 radical (unpaired) electrons. The highest BCUT2D eigenvalue weighted by Crippen LogP contribution is 2.32. The summed E-state index contributed by atoms with van der Waals surface area (Å²) >= 11 is 0. The summed E-state index contributed by atoms with van der Waals surface area (Å²) in [6.45, 7) is 1.22. The summed E-state index contributed by atoms with van der Waals surface area (Å²) in [7, 11) is 0. The van der Waals surface area contributed by atoms with Crippen molar-refractivity contribution < 1.29 is 18.3 Å². The topological polar surface area (TPSA) is 65.6 Å². The van der Waals surface area contributed by atoms with Gasteiger partial charge in [0.1, 0.15) is 5.75 Å². The molecule has 2 unspecified atom stereocenters. The Morgan fingerprint density at radius 1 is 1.20 bits per heavy atom. The van der Waals surface area contributed by atoms with Crippen LogP contribution in [0.4, 0.5) is 8.78 Å². The van der Waals surface area contributed by atoms with Crippen molar-refractivity contribution in [2.75, 3.05) is 32.7 Å². The molecule has 6 nitrogen and oxygen atoms in total. The van der Waals surface area contributed by atoms with Gasteiger partial charge in [0, 0.05) is 32.7 Å². The third-order valence-corrected chi connectivity index (χ3v) is 5.44. The van der Waals surface area contributed by atoms with Crippen LogP contribution >= 0.6 is 0 Å². The Morgan fingerprint density at radius 3 is 2.68 bits per heavy atom. The van der Waals surface area contributed by atoms with Crippen molar-refractivity contribution in [2.45, 2.75) is 12.7 Å². The molecule has 136 valence electrons. The summed E-state index contributed by atoms with van der Waals surface area (Å²) in [4.78, 5) is 15.0. The van der Waals surface area contributed by atoms with E-state index < -0.39 is 6.61 Å². The van der Waals surface area contributed by atoms with Gasteiger partial charge in [0.05, 0.1) is 12.0 Å². The van der Waals surface area contributed by atoms with Crippen LogP contribution in [0.25, 0.3) is 0 Å². The van der Waals surface area contributed by atoms with E-state index in [4.69, 9.17) is 0 Å². The number of carbonyl (C=O) groups excluding carboxylic acids is 1. The Labute approximate surface area is 144 Å². The third kappa shape index (κ3) is 3.33. The van der Waals surface area contributed by atoms with Gasteiger partial charge in [0.15, 0.2) is 0 Å². The molecule has 4 rings (SSSR count). The zero-order valence-corrected chi connectivity index (χ0v) is 13.8. The molecular formula is C17H22F2N4O2. The molecule has 0 bridgehead atoms. The Kier molecular flexibility index (Phi) is 4.58. The van der Waals surface area contributed by atoms with E-state index in [0.29, 0.717) is 18.4 Å². The predicted molar refractivity (Wildman–Crippen MR) is 86.9 cm³/mol. The van der Waals surface area contributed by atoms with E-state index in [1.807, 2.05) is 11.0 Å². The summed E-state index contributed by atoms with van der Waals surface area (Å²) in [6.07, 6.45) is 0. The second-order valence-corrected chi connectivity index (χ2v) is 6.98. The van der Waals surface area contributed by atoms with Crippen molar-refractivity contribution in [3.8, 4) is 5.75 Å². The SMILES string of the molecule is O=C(C1CNNC1c1cccc(OC(F)F)c1)N1C[C@H]2CNC[C@H]2C1. The quantitative estimate of drug-likeness (QED) is 0.746. The molecule has 0 spiro atoms. The van der Waals surface area contributed by atoms with Gasteiger partial charge in [-0.15, -0.1) is 0 Å². The first-order chi connectivity index (χ1) is 12.1. The number of halogens is 2. The average molecular weight is 352 g/mol. The number of nitrogens with zero attached hydrogens (tertiary/aromatic N) is 1. The van der Waals surface area contributed by atoms with Gasteiger partial charge < -0.3 is 15.0 Å². The van der Waals surface area contributed by atoms with Crippen LogP contribution in [0.2, 0.25) is 0 Å². The molecule has 3 aliphatic rings. The van der Waals surface area contributed by atoms with Crippen molar-refractivity contribution in [1.29, 1.82) is 0 Å². The Balaban J connectivity index is 1.48. The van der Waals surface area contributed by atoms with Crippen LogP contribution in [0.3, 0.4) is 0 Å². The van der Waals surface area contributed by atoms with E-state index in [1.54, 1.807) is 12.1 Å². The maximum absolute atomic E-state index is 13.0. The standard InChI is InChI=1S/C17H22F2N4O2/c18-17(19)25-13-3-1-2-10(4-13)15-14(7-21-22-15)16(24)23-8-11-5-20-6-12(11)9-23/h1-4,11-12,14-15,17,20-22H,5-9H2/t11-,12+,14?,15?. The summed E-state index contributed by atoms with van der Waals surface area (Å²) in [6, 6.07) is 6.29. The number of hydrogen-bond acceptors (Lipinski definition) is 5. The summed E-state index contributed by atoms with van der Waals surface area (Å²) in [5.74, 6) is 1.07. The fourth-order valence-corrected chi connectivity index (χ4v) is 4.20. The first-order valence-corrected chi connectivity index (χ1v) is 8.64. The maximum atomic E-state index is 13.0. The Bertz CT molecular complexity index is 633. The minimum Gasteiger partial charge on any atom is -0.435 e. The molecule has 3 aliphatic heterocycles. The first kappa shape index (κ1) is 16.7. The fraction of sp³-hybridized carbons (Fsp3) is 0.588. The zero-order valence-electron chi connectivity index (χ0n) is 13.8. The molecular weight excluding hydrogens is 330 g/mol. The molecule has 0 aliphatic carbocycles. The van der Waals surface area contributed by atoms with Crippen molar-refractivity contribution >= 4 is 5.91 Å². The smallest absolute Gasteiger partial charge is 0.387 e. The van der Waals surface area contributed by atoms with E-state index in [0.717, 1.165) is 31.7 Å². The summed E-state index contributed by atoms with van der Waals surface area (Å²) in [5, 5.41) is 3.37. The van der Waals surface area contributed by atoms with Crippen molar-refractivity contribution in [2.24, 2.45) is 17.8 Å². The number of alkyl halides is 2. The van der Waals surface area contributed by atoms with Gasteiger partial charge in [-0.1, -0.05) is 12.1 Å². The number of hydrogen-bond donors (Lipinski definition) is 3. The number of rotatable bonds is 4. The molecule has 1 aromatic rings. The van der Waals surface area contributed by atoms with Crippen molar-refractivity contribution in [1.82, 2.24) is 21.1 Å². The predicted octanol–water partition coefficient (Wildman–Crippen LogP) is 0.731. The van der Waals surface area contributed by atoms with Gasteiger partial charge in [-0.05, 0) is 29.5 Å². The number of fused-ring (bicyclic) bond motifs is 1. The second kappa shape index (κ2) is 6.86. The number of amides is 1. The lowest BCUT2D eigenvalue weighted by atomic mass is 9.93. The summed E-state index contributed by atoms with van der Waals surface area (Å²) in [5.41, 5.74) is 6.91. The Hall–Kier alpha value is -1.77. The van der Waals surface area contributed by atoms with Gasteiger partial charge >= 0.3 is 6.61 Å². The minimum absolute atomic E-state index is 0.106. The highest BCUT2D eigenvalue weighted by atomic mass is 19.3. The van der Waals surface area contributed by atoms with Gasteiger partial charge in [-0.3, -0.25) is 10.2 Å². The van der Waals surface area contributed by atoms with Gasteiger partial charge in [0.2, 0.25) is 5.91 Å². The molecule has 1 amide bonds. The van der Waals surface area contributed by atoms with E-state index in [2.05, 4.69) is 20.9 Å². The molecule has 0 saturated carbocycles. The highest BCUT2D eigenvalue weighted by molar-refractivity contribution is 5.81. The number of nitrogens with one attached hydrogen (secondary N) is 3. The Morgan fingerprint density at radius 2 is 1.96 bits per heavy atom. The van der Waals surface area contributed by atoms with Crippen LogP contribution in [0.5, 0.6) is 5.75 Å². The van der Waals surface area contributed by atoms with E-state index in [1.165, 1.54) is 6.07 Å². The van der Waals surface area contributed by atoms with Crippen LogP contribution in [0.1, 0.15) is 11.6 Å². The lowest BCUT2D eigenvalue weighted by molar-refractivity contribution is -0.134. The molecule has 4 atom stereocenters. The zero-order chi connectivity index (χ0) is 17.4. The lowest BCUT2D eigenvalue weighted by Gasteiger charge is -2.25. The van der Waals surface area contributed by atoms with Crippen LogP contribution < -0.4 is 20.9 Å². The van der Waals surface area contributed by atoms with Crippen LogP contribution in [-0.2, 0) is 4.79 Å². The minimum atomic E-state index is -2.86. The van der Waals surface area contributed by atoms with E-state index in [-0.39, 0.29) is 23.6 Å². The normalized spacial score (nSPS) is 31.6. The monoisotopic (exact) mass is 352 g/mol. The van der Waals surface area contributed by atoms with Gasteiger partial charge in [0.25, 0.3) is 0 Å². The molecule has 3 N–H and O–H groups in total. The van der Waals surface area contributed by atoms with E-state index in [9.17, 15) is 13.6 Å². The summed E-state index contributed by atoms with van der Waals surface area (Å²) < 4.78 is 29.3. The number of hydrazine groups is 1. The van der Waals surface area contributed by atoms with Crippen molar-refractivity contribution in [3.05, 3.63) is 29.8 Å². The maximum Gasteiger partial charge on any atom is 0.387 e.